The molecule has 1 aliphatic rings. The van der Waals surface area contributed by atoms with Crippen LogP contribution in [0.5, 0.6) is 0 Å². The Morgan fingerprint density at radius 2 is 1.92 bits per heavy atom. The highest BCUT2D eigenvalue weighted by atomic mass is 35.5. The molecule has 5 nitrogen and oxygen atoms in total. The van der Waals surface area contributed by atoms with Crippen molar-refractivity contribution in [1.29, 1.82) is 0 Å². The smallest absolute Gasteiger partial charge is 0.273 e. The van der Waals surface area contributed by atoms with Crippen molar-refractivity contribution in [2.45, 2.75) is 25.7 Å². The van der Waals surface area contributed by atoms with E-state index in [4.69, 9.17) is 4.52 Å². The molecule has 24 heavy (non-hydrogen) atoms. The van der Waals surface area contributed by atoms with Crippen LogP contribution in [-0.2, 0) is 0 Å². The van der Waals surface area contributed by atoms with Crippen LogP contribution in [0.15, 0.2) is 40.9 Å². The van der Waals surface area contributed by atoms with E-state index in [0.29, 0.717) is 18.0 Å². The summed E-state index contributed by atoms with van der Waals surface area (Å²) in [5, 5.41) is 6.77. The summed E-state index contributed by atoms with van der Waals surface area (Å²) in [5.41, 5.74) is 1.26. The molecule has 0 spiro atoms. The first-order valence-electron chi connectivity index (χ1n) is 8.35. The van der Waals surface area contributed by atoms with Gasteiger partial charge in [0.1, 0.15) is 0 Å². The lowest BCUT2D eigenvalue weighted by molar-refractivity contribution is 0.0943. The lowest BCUT2D eigenvalue weighted by atomic mass is 10.1. The zero-order valence-corrected chi connectivity index (χ0v) is 14.6. The first-order valence-corrected chi connectivity index (χ1v) is 8.35. The van der Waals surface area contributed by atoms with Crippen LogP contribution in [0.25, 0.3) is 11.3 Å². The maximum atomic E-state index is 12.1. The summed E-state index contributed by atoms with van der Waals surface area (Å²) in [7, 11) is 0. The fraction of sp³-hybridized carbons (Fsp3) is 0.444. The third-order valence-corrected chi connectivity index (χ3v) is 4.19. The van der Waals surface area contributed by atoms with E-state index < -0.39 is 0 Å². The van der Waals surface area contributed by atoms with Gasteiger partial charge in [0.2, 0.25) is 0 Å². The van der Waals surface area contributed by atoms with E-state index in [9.17, 15) is 4.79 Å². The third-order valence-electron chi connectivity index (χ3n) is 4.19. The van der Waals surface area contributed by atoms with Gasteiger partial charge in [0.15, 0.2) is 11.5 Å². The Kier molecular flexibility index (Phi) is 7.28. The normalized spacial score (nSPS) is 14.3. The fourth-order valence-electron chi connectivity index (χ4n) is 2.88. The molecule has 1 fully saturated rings. The molecule has 1 amide bonds. The highest BCUT2D eigenvalue weighted by Crippen LogP contribution is 2.19. The fourth-order valence-corrected chi connectivity index (χ4v) is 2.88. The van der Waals surface area contributed by atoms with Crippen LogP contribution in [0.1, 0.15) is 36.2 Å². The molecule has 1 aliphatic heterocycles. The summed E-state index contributed by atoms with van der Waals surface area (Å²) >= 11 is 0. The van der Waals surface area contributed by atoms with Crippen molar-refractivity contribution in [2.24, 2.45) is 0 Å². The van der Waals surface area contributed by atoms with Gasteiger partial charge in [0.05, 0.1) is 0 Å². The zero-order valence-electron chi connectivity index (χ0n) is 13.7. The Balaban J connectivity index is 0.00000208. The number of carbonyl (C=O) groups is 1. The van der Waals surface area contributed by atoms with Crippen LogP contribution in [0.4, 0.5) is 0 Å². The van der Waals surface area contributed by atoms with Gasteiger partial charge in [-0.25, -0.2) is 0 Å². The second kappa shape index (κ2) is 9.45. The Bertz CT molecular complexity index is 624. The zero-order chi connectivity index (χ0) is 15.9. The Morgan fingerprint density at radius 3 is 2.67 bits per heavy atom. The van der Waals surface area contributed by atoms with Gasteiger partial charge < -0.3 is 14.7 Å². The second-order valence-corrected chi connectivity index (χ2v) is 5.95. The second-order valence-electron chi connectivity index (χ2n) is 5.95. The number of rotatable bonds is 7. The number of hydrogen-bond donors (Lipinski definition) is 1. The molecular weight excluding hydrogens is 326 g/mol. The largest absolute Gasteiger partial charge is 0.355 e. The molecule has 2 aromatic rings. The van der Waals surface area contributed by atoms with Gasteiger partial charge in [0.25, 0.3) is 5.91 Å². The molecule has 0 radical (unpaired) electrons. The van der Waals surface area contributed by atoms with E-state index in [-0.39, 0.29) is 18.3 Å². The van der Waals surface area contributed by atoms with Crippen LogP contribution >= 0.6 is 12.4 Å². The van der Waals surface area contributed by atoms with Crippen LogP contribution in [0.2, 0.25) is 0 Å². The average molecular weight is 350 g/mol. The molecule has 0 unspecified atom stereocenters. The van der Waals surface area contributed by atoms with Gasteiger partial charge in [-0.1, -0.05) is 35.5 Å². The van der Waals surface area contributed by atoms with E-state index in [1.54, 1.807) is 6.07 Å². The highest BCUT2D eigenvalue weighted by Gasteiger charge is 2.13. The van der Waals surface area contributed by atoms with Gasteiger partial charge in [-0.15, -0.1) is 12.4 Å². The number of nitrogens with one attached hydrogen (secondary N) is 1. The van der Waals surface area contributed by atoms with Gasteiger partial charge >= 0.3 is 0 Å². The molecule has 1 saturated heterocycles. The maximum absolute atomic E-state index is 12.1. The number of likely N-dealkylation sites (tertiary alicyclic amines) is 1. The molecule has 0 saturated carbocycles. The quantitative estimate of drug-likeness (QED) is 0.778. The highest BCUT2D eigenvalue weighted by molar-refractivity contribution is 5.93. The summed E-state index contributed by atoms with van der Waals surface area (Å²) in [6.07, 6.45) is 4.76. The summed E-state index contributed by atoms with van der Waals surface area (Å²) in [4.78, 5) is 14.6. The number of benzene rings is 1. The number of hydrogen-bond acceptors (Lipinski definition) is 4. The number of aromatic nitrogens is 1. The van der Waals surface area contributed by atoms with E-state index in [1.165, 1.54) is 25.9 Å². The first-order chi connectivity index (χ1) is 11.3. The van der Waals surface area contributed by atoms with Crippen molar-refractivity contribution >= 4 is 18.3 Å². The predicted molar refractivity (Wildman–Crippen MR) is 96.4 cm³/mol. The molecule has 0 bridgehead atoms. The molecule has 130 valence electrons. The number of amides is 1. The molecule has 6 heteroatoms. The Hall–Kier alpha value is -1.85. The van der Waals surface area contributed by atoms with Gasteiger partial charge in [0, 0.05) is 18.2 Å². The Morgan fingerprint density at radius 1 is 1.17 bits per heavy atom. The van der Waals surface area contributed by atoms with Crippen LogP contribution in [0.3, 0.4) is 0 Å². The van der Waals surface area contributed by atoms with Crippen molar-refractivity contribution in [3.8, 4) is 11.3 Å². The number of nitrogens with zero attached hydrogens (tertiary/aromatic N) is 2. The van der Waals surface area contributed by atoms with Crippen molar-refractivity contribution in [3.63, 3.8) is 0 Å². The lowest BCUT2D eigenvalue weighted by Gasteiger charge is -2.13. The topological polar surface area (TPSA) is 58.4 Å². The van der Waals surface area contributed by atoms with Crippen molar-refractivity contribution in [1.82, 2.24) is 15.4 Å². The van der Waals surface area contributed by atoms with Crippen LogP contribution in [0, 0.1) is 0 Å². The first kappa shape index (κ1) is 18.5. The minimum atomic E-state index is -0.169. The maximum Gasteiger partial charge on any atom is 0.273 e. The summed E-state index contributed by atoms with van der Waals surface area (Å²) < 4.78 is 5.25. The van der Waals surface area contributed by atoms with Crippen LogP contribution < -0.4 is 5.32 Å². The number of unbranched alkanes of at least 4 members (excludes halogenated alkanes) is 1. The number of carbonyl (C=O) groups excluding carboxylic acids is 1. The number of halogens is 1. The molecule has 3 rings (SSSR count). The molecule has 0 atom stereocenters. The molecule has 0 aliphatic carbocycles. The Labute approximate surface area is 148 Å². The van der Waals surface area contributed by atoms with Crippen molar-refractivity contribution in [3.05, 3.63) is 42.1 Å². The van der Waals surface area contributed by atoms with Crippen molar-refractivity contribution < 1.29 is 9.32 Å². The van der Waals surface area contributed by atoms with E-state index in [0.717, 1.165) is 24.9 Å². The molecular formula is C18H24ClN3O2. The van der Waals surface area contributed by atoms with Crippen LogP contribution in [-0.4, -0.2) is 42.1 Å². The summed E-state index contributed by atoms with van der Waals surface area (Å²) in [6, 6.07) is 11.3. The van der Waals surface area contributed by atoms with E-state index in [1.807, 2.05) is 30.3 Å². The lowest BCUT2D eigenvalue weighted by Crippen LogP contribution is -2.26. The SMILES string of the molecule is Cl.O=C(NCCCCN1CCCC1)c1cc(-c2ccccc2)on1. The predicted octanol–water partition coefficient (Wildman–Crippen LogP) is 3.37. The third kappa shape index (κ3) is 5.08. The summed E-state index contributed by atoms with van der Waals surface area (Å²) in [6.45, 7) is 4.28. The van der Waals surface area contributed by atoms with Crippen molar-refractivity contribution in [2.75, 3.05) is 26.2 Å². The monoisotopic (exact) mass is 349 g/mol. The molecule has 2 heterocycles. The molecule has 1 aromatic heterocycles. The standard InChI is InChI=1S/C18H23N3O2.ClH/c22-18(19-10-4-5-11-21-12-6-7-13-21)16-14-17(23-20-16)15-8-2-1-3-9-15;/h1-3,8-9,14H,4-7,10-13H2,(H,19,22);1H. The van der Waals surface area contributed by atoms with E-state index in [2.05, 4.69) is 15.4 Å². The van der Waals surface area contributed by atoms with Gasteiger partial charge in [-0.3, -0.25) is 4.79 Å². The minimum absolute atomic E-state index is 0. The molecule has 1 aromatic carbocycles. The van der Waals surface area contributed by atoms with Gasteiger partial charge in [-0.05, 0) is 45.3 Å². The summed E-state index contributed by atoms with van der Waals surface area (Å²) in [5.74, 6) is 0.446. The van der Waals surface area contributed by atoms with Gasteiger partial charge in [-0.2, -0.15) is 0 Å². The minimum Gasteiger partial charge on any atom is -0.355 e. The average Bonchev–Trinajstić information content (AvgIpc) is 3.27. The molecule has 1 N–H and O–H groups in total. The van der Waals surface area contributed by atoms with E-state index >= 15 is 0 Å².